The summed E-state index contributed by atoms with van der Waals surface area (Å²) < 4.78 is 11.4. The average Bonchev–Trinajstić information content (AvgIpc) is 2.77. The number of hydrogen-bond donors (Lipinski definition) is 1. The highest BCUT2D eigenvalue weighted by atomic mass is 16.5. The second kappa shape index (κ2) is 8.11. The maximum Gasteiger partial charge on any atom is 0.161 e. The topological polar surface area (TPSA) is 51.6 Å². The van der Waals surface area contributed by atoms with Crippen LogP contribution >= 0.6 is 0 Å². The quantitative estimate of drug-likeness (QED) is 0.523. The fourth-order valence-corrected chi connectivity index (χ4v) is 3.24. The summed E-state index contributed by atoms with van der Waals surface area (Å²) in [6.45, 7) is 0.452. The van der Waals surface area contributed by atoms with E-state index in [1.54, 1.807) is 13.3 Å². The van der Waals surface area contributed by atoms with Crippen LogP contribution in [0.15, 0.2) is 85.1 Å². The van der Waals surface area contributed by atoms with Gasteiger partial charge in [0.25, 0.3) is 0 Å². The van der Waals surface area contributed by atoms with E-state index >= 15 is 0 Å². The van der Waals surface area contributed by atoms with Crippen molar-refractivity contribution in [2.75, 3.05) is 7.11 Å². The molecular weight excluding hydrogens is 350 g/mol. The maximum absolute atomic E-state index is 11.0. The van der Waals surface area contributed by atoms with Gasteiger partial charge in [-0.25, -0.2) is 0 Å². The number of ether oxygens (including phenoxy) is 2. The highest BCUT2D eigenvalue weighted by Gasteiger charge is 2.16. The molecule has 28 heavy (non-hydrogen) atoms. The third kappa shape index (κ3) is 3.68. The Morgan fingerprint density at radius 3 is 2.50 bits per heavy atom. The largest absolute Gasteiger partial charge is 0.493 e. The number of para-hydroxylation sites is 1. The van der Waals surface area contributed by atoms with Gasteiger partial charge in [-0.1, -0.05) is 54.6 Å². The predicted octanol–water partition coefficient (Wildman–Crippen LogP) is 4.90. The van der Waals surface area contributed by atoms with Crippen molar-refractivity contribution in [3.8, 4) is 11.5 Å². The lowest BCUT2D eigenvalue weighted by molar-refractivity contribution is 0.220. The maximum atomic E-state index is 11.0. The number of pyridine rings is 1. The zero-order valence-corrected chi connectivity index (χ0v) is 15.6. The van der Waals surface area contributed by atoms with Gasteiger partial charge in [-0.3, -0.25) is 4.98 Å². The first kappa shape index (κ1) is 18.0. The van der Waals surface area contributed by atoms with Gasteiger partial charge in [0.15, 0.2) is 11.5 Å². The molecule has 0 aliphatic carbocycles. The second-order valence-corrected chi connectivity index (χ2v) is 6.50. The molecule has 1 heterocycles. The van der Waals surface area contributed by atoms with Crippen LogP contribution < -0.4 is 9.47 Å². The Labute approximate surface area is 164 Å². The summed E-state index contributed by atoms with van der Waals surface area (Å²) in [4.78, 5) is 4.36. The fourth-order valence-electron chi connectivity index (χ4n) is 3.24. The minimum Gasteiger partial charge on any atom is -0.493 e. The molecule has 4 nitrogen and oxygen atoms in total. The van der Waals surface area contributed by atoms with E-state index < -0.39 is 6.10 Å². The van der Waals surface area contributed by atoms with Crippen molar-refractivity contribution in [1.82, 2.24) is 4.98 Å². The molecule has 1 unspecified atom stereocenters. The molecule has 4 aromatic rings. The number of fused-ring (bicyclic) bond motifs is 1. The highest BCUT2D eigenvalue weighted by Crippen LogP contribution is 2.34. The van der Waals surface area contributed by atoms with Crippen molar-refractivity contribution in [2.24, 2.45) is 0 Å². The van der Waals surface area contributed by atoms with E-state index in [1.807, 2.05) is 78.9 Å². The average molecular weight is 371 g/mol. The summed E-state index contributed by atoms with van der Waals surface area (Å²) in [6.07, 6.45) is 0.931. The first-order valence-electron chi connectivity index (χ1n) is 9.12. The smallest absolute Gasteiger partial charge is 0.161 e. The fraction of sp³-hybridized carbons (Fsp3) is 0.125. The molecule has 0 saturated heterocycles. The molecule has 3 aromatic carbocycles. The number of benzene rings is 3. The third-order valence-corrected chi connectivity index (χ3v) is 4.72. The highest BCUT2D eigenvalue weighted by molar-refractivity contribution is 5.82. The van der Waals surface area contributed by atoms with Crippen LogP contribution in [0.25, 0.3) is 10.9 Å². The van der Waals surface area contributed by atoms with Gasteiger partial charge in [-0.2, -0.15) is 0 Å². The molecule has 1 atom stereocenters. The molecule has 0 bridgehead atoms. The normalized spacial score (nSPS) is 11.9. The molecule has 0 radical (unpaired) electrons. The number of methoxy groups -OCH3 is 1. The van der Waals surface area contributed by atoms with Gasteiger partial charge in [-0.05, 0) is 41.0 Å². The Hall–Kier alpha value is -3.37. The minimum absolute atomic E-state index is 0.452. The molecule has 0 aliphatic heterocycles. The molecule has 0 fully saturated rings. The number of aliphatic hydroxyl groups is 1. The molecule has 140 valence electrons. The number of aromatic nitrogens is 1. The van der Waals surface area contributed by atoms with E-state index in [9.17, 15) is 5.11 Å². The Morgan fingerprint density at radius 2 is 1.68 bits per heavy atom. The van der Waals surface area contributed by atoms with Crippen LogP contribution in [0.5, 0.6) is 11.5 Å². The molecule has 4 rings (SSSR count). The van der Waals surface area contributed by atoms with Crippen molar-refractivity contribution in [2.45, 2.75) is 12.7 Å². The first-order chi connectivity index (χ1) is 13.8. The Kier molecular flexibility index (Phi) is 5.22. The first-order valence-corrected chi connectivity index (χ1v) is 9.12. The zero-order valence-electron chi connectivity index (χ0n) is 15.6. The summed E-state index contributed by atoms with van der Waals surface area (Å²) in [7, 11) is 1.60. The number of hydrogen-bond acceptors (Lipinski definition) is 4. The SMILES string of the molecule is COc1cc(C(O)c2ccnc3ccccc23)ccc1OCc1ccccc1. The molecule has 0 spiro atoms. The lowest BCUT2D eigenvalue weighted by atomic mass is 9.98. The zero-order chi connectivity index (χ0) is 19.3. The molecular formula is C24H21NO3. The molecule has 0 saturated carbocycles. The predicted molar refractivity (Wildman–Crippen MR) is 110 cm³/mol. The number of nitrogens with zero attached hydrogens (tertiary/aromatic N) is 1. The number of rotatable bonds is 6. The Bertz CT molecular complexity index is 1070. The summed E-state index contributed by atoms with van der Waals surface area (Å²) >= 11 is 0. The number of aliphatic hydroxyl groups excluding tert-OH is 1. The van der Waals surface area contributed by atoms with E-state index in [0.717, 1.165) is 27.6 Å². The summed E-state index contributed by atoms with van der Waals surface area (Å²) in [5, 5.41) is 11.9. The van der Waals surface area contributed by atoms with Gasteiger partial charge in [0.2, 0.25) is 0 Å². The van der Waals surface area contributed by atoms with Gasteiger partial charge < -0.3 is 14.6 Å². The van der Waals surface area contributed by atoms with Crippen LogP contribution in [0.2, 0.25) is 0 Å². The van der Waals surface area contributed by atoms with Gasteiger partial charge in [-0.15, -0.1) is 0 Å². The summed E-state index contributed by atoms with van der Waals surface area (Å²) in [5.41, 5.74) is 3.48. The van der Waals surface area contributed by atoms with E-state index in [-0.39, 0.29) is 0 Å². The van der Waals surface area contributed by atoms with Crippen molar-refractivity contribution < 1.29 is 14.6 Å². The minimum atomic E-state index is -0.787. The van der Waals surface area contributed by atoms with Crippen molar-refractivity contribution in [3.05, 3.63) is 102 Å². The third-order valence-electron chi connectivity index (χ3n) is 4.72. The van der Waals surface area contributed by atoms with E-state index in [1.165, 1.54) is 0 Å². The van der Waals surface area contributed by atoms with Crippen LogP contribution in [0.4, 0.5) is 0 Å². The summed E-state index contributed by atoms with van der Waals surface area (Å²) in [5.74, 6) is 1.23. The molecule has 1 aromatic heterocycles. The second-order valence-electron chi connectivity index (χ2n) is 6.50. The van der Waals surface area contributed by atoms with E-state index in [0.29, 0.717) is 18.1 Å². The summed E-state index contributed by atoms with van der Waals surface area (Å²) in [6, 6.07) is 25.1. The van der Waals surface area contributed by atoms with Crippen molar-refractivity contribution in [3.63, 3.8) is 0 Å². The van der Waals surface area contributed by atoms with E-state index in [4.69, 9.17) is 9.47 Å². The standard InChI is InChI=1S/C24H21NO3/c1-27-23-15-18(11-12-22(23)28-16-17-7-3-2-4-8-17)24(26)20-13-14-25-21-10-6-5-9-19(20)21/h2-15,24,26H,16H2,1H3. The van der Waals surface area contributed by atoms with Crippen LogP contribution in [-0.4, -0.2) is 17.2 Å². The van der Waals surface area contributed by atoms with Crippen LogP contribution in [-0.2, 0) is 6.61 Å². The van der Waals surface area contributed by atoms with Crippen molar-refractivity contribution in [1.29, 1.82) is 0 Å². The molecule has 0 aliphatic rings. The van der Waals surface area contributed by atoms with Crippen molar-refractivity contribution >= 4 is 10.9 Å². The van der Waals surface area contributed by atoms with Gasteiger partial charge >= 0.3 is 0 Å². The molecule has 1 N–H and O–H groups in total. The van der Waals surface area contributed by atoms with Crippen LogP contribution in [0.1, 0.15) is 22.8 Å². The van der Waals surface area contributed by atoms with Gasteiger partial charge in [0, 0.05) is 11.6 Å². The van der Waals surface area contributed by atoms with Gasteiger partial charge in [0.1, 0.15) is 12.7 Å². The van der Waals surface area contributed by atoms with Crippen LogP contribution in [0.3, 0.4) is 0 Å². The van der Waals surface area contributed by atoms with Crippen LogP contribution in [0, 0.1) is 0 Å². The molecule has 4 heteroatoms. The monoisotopic (exact) mass is 371 g/mol. The molecule has 0 amide bonds. The Balaban J connectivity index is 1.61. The van der Waals surface area contributed by atoms with Gasteiger partial charge in [0.05, 0.1) is 12.6 Å². The lowest BCUT2D eigenvalue weighted by Crippen LogP contribution is -2.03. The Morgan fingerprint density at radius 1 is 0.893 bits per heavy atom. The van der Waals surface area contributed by atoms with E-state index in [2.05, 4.69) is 4.98 Å². The lowest BCUT2D eigenvalue weighted by Gasteiger charge is -2.17.